The molecule has 1 aromatic rings. The molecule has 0 amide bonds. The van der Waals surface area contributed by atoms with Crippen molar-refractivity contribution in [2.45, 2.75) is 52.0 Å². The Labute approximate surface area is 128 Å². The molecule has 0 saturated carbocycles. The molecule has 1 aromatic carbocycles. The number of rotatable bonds is 8. The van der Waals surface area contributed by atoms with Gasteiger partial charge in [0.25, 0.3) is 0 Å². The summed E-state index contributed by atoms with van der Waals surface area (Å²) in [6, 6.07) is 10.1. The second-order valence-electron chi connectivity index (χ2n) is 6.43. The molecule has 1 fully saturated rings. The van der Waals surface area contributed by atoms with Crippen LogP contribution in [0.5, 0.6) is 0 Å². The average Bonchev–Trinajstić information content (AvgIpc) is 2.43. The fourth-order valence-electron chi connectivity index (χ4n) is 3.84. The molecule has 1 atom stereocenters. The molecule has 1 aliphatic rings. The van der Waals surface area contributed by atoms with Gasteiger partial charge in [0.2, 0.25) is 0 Å². The number of likely N-dealkylation sites (tertiary alicyclic amines) is 1. The van der Waals surface area contributed by atoms with Gasteiger partial charge in [-0.1, -0.05) is 57.0 Å². The van der Waals surface area contributed by atoms with Crippen LogP contribution in [-0.2, 0) is 4.79 Å². The molecular weight excluding hydrogens is 262 g/mol. The summed E-state index contributed by atoms with van der Waals surface area (Å²) in [5.41, 5.74) is 1.55. The van der Waals surface area contributed by atoms with Gasteiger partial charge >= 0.3 is 5.97 Å². The van der Waals surface area contributed by atoms with Crippen LogP contribution in [-0.4, -0.2) is 29.1 Å². The van der Waals surface area contributed by atoms with Crippen molar-refractivity contribution in [1.29, 1.82) is 0 Å². The third-order valence-electron chi connectivity index (χ3n) is 4.63. The van der Waals surface area contributed by atoms with E-state index in [0.717, 1.165) is 18.7 Å². The van der Waals surface area contributed by atoms with E-state index in [9.17, 15) is 9.90 Å². The Morgan fingerprint density at radius 1 is 1.19 bits per heavy atom. The third kappa shape index (κ3) is 3.85. The first-order valence-electron chi connectivity index (χ1n) is 8.11. The summed E-state index contributed by atoms with van der Waals surface area (Å²) in [6.45, 7) is 6.57. The Morgan fingerprint density at radius 3 is 2.24 bits per heavy atom. The lowest BCUT2D eigenvalue weighted by molar-refractivity contribution is -0.140. The first-order chi connectivity index (χ1) is 10.1. The monoisotopic (exact) mass is 289 g/mol. The fourth-order valence-corrected chi connectivity index (χ4v) is 3.84. The number of carboxylic acids is 1. The van der Waals surface area contributed by atoms with Crippen LogP contribution >= 0.6 is 0 Å². The van der Waals surface area contributed by atoms with Gasteiger partial charge < -0.3 is 5.11 Å². The van der Waals surface area contributed by atoms with Crippen LogP contribution in [0.1, 0.15) is 57.6 Å². The lowest BCUT2D eigenvalue weighted by Gasteiger charge is -2.54. The Balaban J connectivity index is 2.08. The second kappa shape index (κ2) is 7.08. The third-order valence-corrected chi connectivity index (χ3v) is 4.63. The van der Waals surface area contributed by atoms with Crippen LogP contribution < -0.4 is 0 Å². The first kappa shape index (κ1) is 16.0. The van der Waals surface area contributed by atoms with E-state index in [4.69, 9.17) is 0 Å². The van der Waals surface area contributed by atoms with Crippen LogP contribution in [0.25, 0.3) is 0 Å². The van der Waals surface area contributed by atoms with Gasteiger partial charge in [-0.2, -0.15) is 0 Å². The number of nitrogens with zero attached hydrogens (tertiary/aromatic N) is 1. The van der Waals surface area contributed by atoms with Crippen molar-refractivity contribution in [3.05, 3.63) is 35.9 Å². The molecule has 0 radical (unpaired) electrons. The topological polar surface area (TPSA) is 40.5 Å². The number of hydrogen-bond donors (Lipinski definition) is 1. The van der Waals surface area contributed by atoms with Crippen molar-refractivity contribution in [2.24, 2.45) is 5.41 Å². The molecule has 2 rings (SSSR count). The minimum absolute atomic E-state index is 0.0190. The van der Waals surface area contributed by atoms with E-state index >= 15 is 0 Å². The zero-order valence-corrected chi connectivity index (χ0v) is 13.2. The molecule has 1 aliphatic heterocycles. The second-order valence-corrected chi connectivity index (χ2v) is 6.43. The smallest absolute Gasteiger partial charge is 0.305 e. The van der Waals surface area contributed by atoms with Crippen LogP contribution in [0, 0.1) is 5.41 Å². The summed E-state index contributed by atoms with van der Waals surface area (Å²) in [7, 11) is 0. The molecule has 1 unspecified atom stereocenters. The summed E-state index contributed by atoms with van der Waals surface area (Å²) >= 11 is 0. The SMILES string of the molecule is CCCC1(CCC)CN(C(CC(=O)O)c2ccccc2)C1. The van der Waals surface area contributed by atoms with Crippen molar-refractivity contribution < 1.29 is 9.90 Å². The summed E-state index contributed by atoms with van der Waals surface area (Å²) in [6.07, 6.45) is 5.13. The fraction of sp³-hybridized carbons (Fsp3) is 0.611. The van der Waals surface area contributed by atoms with Gasteiger partial charge in [-0.15, -0.1) is 0 Å². The van der Waals surface area contributed by atoms with E-state index in [-0.39, 0.29) is 12.5 Å². The van der Waals surface area contributed by atoms with E-state index in [1.807, 2.05) is 30.3 Å². The summed E-state index contributed by atoms with van der Waals surface area (Å²) < 4.78 is 0. The standard InChI is InChI=1S/C18H27NO2/c1-3-10-18(11-4-2)13-19(14-18)16(12-17(20)21)15-8-6-5-7-9-15/h5-9,16H,3-4,10-14H2,1-2H3,(H,20,21). The van der Waals surface area contributed by atoms with Gasteiger partial charge in [0, 0.05) is 19.1 Å². The van der Waals surface area contributed by atoms with E-state index in [1.54, 1.807) is 0 Å². The van der Waals surface area contributed by atoms with Crippen molar-refractivity contribution in [3.63, 3.8) is 0 Å². The average molecular weight is 289 g/mol. The lowest BCUT2D eigenvalue weighted by atomic mass is 9.71. The summed E-state index contributed by atoms with van der Waals surface area (Å²) in [5, 5.41) is 9.22. The van der Waals surface area contributed by atoms with Crippen molar-refractivity contribution in [3.8, 4) is 0 Å². The van der Waals surface area contributed by atoms with Crippen LogP contribution in [0.3, 0.4) is 0 Å². The van der Waals surface area contributed by atoms with Gasteiger partial charge in [-0.05, 0) is 23.8 Å². The molecule has 0 aromatic heterocycles. The van der Waals surface area contributed by atoms with Crippen molar-refractivity contribution in [2.75, 3.05) is 13.1 Å². The summed E-state index contributed by atoms with van der Waals surface area (Å²) in [4.78, 5) is 13.6. The molecule has 1 saturated heterocycles. The predicted octanol–water partition coefficient (Wildman–Crippen LogP) is 4.10. The Morgan fingerprint density at radius 2 is 1.76 bits per heavy atom. The minimum atomic E-state index is -0.715. The number of carbonyl (C=O) groups is 1. The van der Waals surface area contributed by atoms with Gasteiger partial charge in [-0.25, -0.2) is 0 Å². The number of aliphatic carboxylic acids is 1. The van der Waals surface area contributed by atoms with E-state index < -0.39 is 5.97 Å². The minimum Gasteiger partial charge on any atom is -0.481 e. The highest BCUT2D eigenvalue weighted by Gasteiger charge is 2.44. The van der Waals surface area contributed by atoms with Crippen molar-refractivity contribution in [1.82, 2.24) is 4.90 Å². The van der Waals surface area contributed by atoms with E-state index in [2.05, 4.69) is 18.7 Å². The van der Waals surface area contributed by atoms with Crippen LogP contribution in [0.4, 0.5) is 0 Å². The molecule has 1 N–H and O–H groups in total. The van der Waals surface area contributed by atoms with Gasteiger partial charge in [-0.3, -0.25) is 9.69 Å². The highest BCUT2D eigenvalue weighted by Crippen LogP contribution is 2.44. The highest BCUT2D eigenvalue weighted by molar-refractivity contribution is 5.68. The molecule has 3 nitrogen and oxygen atoms in total. The molecule has 0 bridgehead atoms. The molecule has 3 heteroatoms. The molecule has 0 aliphatic carbocycles. The maximum absolute atomic E-state index is 11.2. The molecule has 0 spiro atoms. The quantitative estimate of drug-likeness (QED) is 0.783. The normalized spacial score (nSPS) is 19.0. The number of carboxylic acid groups (broad SMARTS) is 1. The van der Waals surface area contributed by atoms with E-state index in [1.165, 1.54) is 25.7 Å². The maximum Gasteiger partial charge on any atom is 0.305 e. The maximum atomic E-state index is 11.2. The first-order valence-corrected chi connectivity index (χ1v) is 8.11. The molecule has 1 heterocycles. The Kier molecular flexibility index (Phi) is 5.40. The lowest BCUT2D eigenvalue weighted by Crippen LogP contribution is -2.57. The molecule has 116 valence electrons. The molecular formula is C18H27NO2. The molecule has 21 heavy (non-hydrogen) atoms. The predicted molar refractivity (Wildman–Crippen MR) is 85.3 cm³/mol. The zero-order valence-electron chi connectivity index (χ0n) is 13.2. The van der Waals surface area contributed by atoms with Gasteiger partial charge in [0.1, 0.15) is 0 Å². The zero-order chi connectivity index (χ0) is 15.3. The van der Waals surface area contributed by atoms with Crippen LogP contribution in [0.2, 0.25) is 0 Å². The Bertz CT molecular complexity index is 444. The highest BCUT2D eigenvalue weighted by atomic mass is 16.4. The Hall–Kier alpha value is -1.35. The van der Waals surface area contributed by atoms with Crippen LogP contribution in [0.15, 0.2) is 30.3 Å². The largest absolute Gasteiger partial charge is 0.481 e. The number of benzene rings is 1. The van der Waals surface area contributed by atoms with Gasteiger partial charge in [0.05, 0.1) is 6.42 Å². The van der Waals surface area contributed by atoms with Crippen molar-refractivity contribution >= 4 is 5.97 Å². The number of hydrogen-bond acceptors (Lipinski definition) is 2. The van der Waals surface area contributed by atoms with Gasteiger partial charge in [0.15, 0.2) is 0 Å². The van der Waals surface area contributed by atoms with E-state index in [0.29, 0.717) is 5.41 Å². The summed E-state index contributed by atoms with van der Waals surface area (Å²) in [5.74, 6) is -0.715.